The summed E-state index contributed by atoms with van der Waals surface area (Å²) >= 11 is 1.66. The van der Waals surface area contributed by atoms with Crippen LogP contribution in [0.4, 0.5) is 13.2 Å². The number of amides is 2. The molecule has 5 nitrogen and oxygen atoms in total. The van der Waals surface area contributed by atoms with Crippen molar-refractivity contribution in [3.8, 4) is 0 Å². The van der Waals surface area contributed by atoms with Crippen LogP contribution in [0, 0.1) is 0 Å². The molecule has 0 spiro atoms. The van der Waals surface area contributed by atoms with Gasteiger partial charge < -0.3 is 15.1 Å². The number of carbonyl (C=O) groups excluding carboxylic acids is 2. The maximum atomic E-state index is 12.6. The van der Waals surface area contributed by atoms with Gasteiger partial charge in [0.2, 0.25) is 11.8 Å². The molecule has 1 rings (SSSR count). The van der Waals surface area contributed by atoms with Gasteiger partial charge in [-0.25, -0.2) is 0 Å². The first-order valence-electron chi connectivity index (χ1n) is 6.55. The molecule has 1 atom stereocenters. The van der Waals surface area contributed by atoms with E-state index in [2.05, 4.69) is 5.32 Å². The number of nitrogens with zero attached hydrogens (tertiary/aromatic N) is 2. The van der Waals surface area contributed by atoms with Crippen molar-refractivity contribution in [2.75, 3.05) is 45.2 Å². The minimum absolute atomic E-state index is 0.0240. The topological polar surface area (TPSA) is 52.7 Å². The second-order valence-corrected chi connectivity index (χ2v) is 6.23. The Labute approximate surface area is 126 Å². The first-order chi connectivity index (χ1) is 9.69. The van der Waals surface area contributed by atoms with Crippen LogP contribution in [0.3, 0.4) is 0 Å². The molecule has 9 heteroatoms. The van der Waals surface area contributed by atoms with Gasteiger partial charge in [-0.05, 0) is 0 Å². The van der Waals surface area contributed by atoms with E-state index in [4.69, 9.17) is 0 Å². The molecule has 1 N–H and O–H groups in total. The molecule has 1 aliphatic heterocycles. The first-order valence-corrected chi connectivity index (χ1v) is 7.70. The average molecular weight is 327 g/mol. The highest BCUT2D eigenvalue weighted by Crippen LogP contribution is 2.18. The summed E-state index contributed by atoms with van der Waals surface area (Å²) < 4.78 is 37.7. The molecule has 0 aliphatic carbocycles. The molecule has 0 aromatic rings. The van der Waals surface area contributed by atoms with Crippen molar-refractivity contribution >= 4 is 23.6 Å². The van der Waals surface area contributed by atoms with Crippen LogP contribution >= 0.6 is 11.8 Å². The summed E-state index contributed by atoms with van der Waals surface area (Å²) in [5.74, 6) is 0.435. The summed E-state index contributed by atoms with van der Waals surface area (Å²) in [6, 6.07) is -0.138. The Hall–Kier alpha value is -0.960. The number of thioether (sulfide) groups is 1. The third-order valence-electron chi connectivity index (χ3n) is 2.97. The van der Waals surface area contributed by atoms with Gasteiger partial charge in [-0.15, -0.1) is 0 Å². The summed E-state index contributed by atoms with van der Waals surface area (Å²) in [5.41, 5.74) is 0. The van der Waals surface area contributed by atoms with Gasteiger partial charge >= 0.3 is 6.18 Å². The number of halogens is 3. The van der Waals surface area contributed by atoms with Gasteiger partial charge in [0.05, 0.1) is 0 Å². The van der Waals surface area contributed by atoms with E-state index in [9.17, 15) is 22.8 Å². The van der Waals surface area contributed by atoms with Crippen LogP contribution in [0.1, 0.15) is 6.42 Å². The van der Waals surface area contributed by atoms with Crippen LogP contribution in [-0.2, 0) is 9.59 Å². The summed E-state index contributed by atoms with van der Waals surface area (Å²) in [6.45, 7) is -1.21. The Morgan fingerprint density at radius 2 is 1.95 bits per heavy atom. The SMILES string of the molecule is CN(C)C(=O)CN(CC(F)(F)F)C(=O)CC1CSCCN1. The predicted octanol–water partition coefficient (Wildman–Crippen LogP) is 0.561. The van der Waals surface area contributed by atoms with Crippen molar-refractivity contribution < 1.29 is 22.8 Å². The van der Waals surface area contributed by atoms with E-state index in [-0.39, 0.29) is 12.5 Å². The van der Waals surface area contributed by atoms with Crippen LogP contribution in [0.5, 0.6) is 0 Å². The zero-order chi connectivity index (χ0) is 16.0. The highest BCUT2D eigenvalue weighted by atomic mass is 32.2. The zero-order valence-corrected chi connectivity index (χ0v) is 12.9. The lowest BCUT2D eigenvalue weighted by Gasteiger charge is -2.28. The molecule has 122 valence electrons. The third-order valence-corrected chi connectivity index (χ3v) is 4.10. The fourth-order valence-corrected chi connectivity index (χ4v) is 2.79. The molecule has 1 heterocycles. The van der Waals surface area contributed by atoms with E-state index >= 15 is 0 Å². The number of alkyl halides is 3. The van der Waals surface area contributed by atoms with Crippen molar-refractivity contribution in [2.24, 2.45) is 0 Å². The second-order valence-electron chi connectivity index (χ2n) is 5.08. The molecular weight excluding hydrogens is 307 g/mol. The lowest BCUT2D eigenvalue weighted by molar-refractivity contribution is -0.164. The molecule has 0 aromatic heterocycles. The maximum absolute atomic E-state index is 12.6. The lowest BCUT2D eigenvalue weighted by atomic mass is 10.2. The summed E-state index contributed by atoms with van der Waals surface area (Å²) in [6.07, 6.45) is -4.54. The van der Waals surface area contributed by atoms with E-state index in [0.29, 0.717) is 10.7 Å². The average Bonchev–Trinajstić information content (AvgIpc) is 2.37. The number of carbonyl (C=O) groups is 2. The summed E-state index contributed by atoms with van der Waals surface area (Å²) in [4.78, 5) is 25.4. The molecule has 0 saturated carbocycles. The van der Waals surface area contributed by atoms with E-state index < -0.39 is 31.1 Å². The van der Waals surface area contributed by atoms with Crippen molar-refractivity contribution in [1.29, 1.82) is 0 Å². The predicted molar refractivity (Wildman–Crippen MR) is 75.1 cm³/mol. The van der Waals surface area contributed by atoms with Crippen LogP contribution < -0.4 is 5.32 Å². The highest BCUT2D eigenvalue weighted by Gasteiger charge is 2.34. The number of likely N-dealkylation sites (N-methyl/N-ethyl adjacent to an activating group) is 1. The number of hydrogen-bond donors (Lipinski definition) is 1. The smallest absolute Gasteiger partial charge is 0.347 e. The van der Waals surface area contributed by atoms with E-state index in [0.717, 1.165) is 12.3 Å². The molecule has 2 amide bonds. The van der Waals surface area contributed by atoms with Gasteiger partial charge in [0.1, 0.15) is 13.1 Å². The van der Waals surface area contributed by atoms with E-state index in [1.165, 1.54) is 19.0 Å². The first kappa shape index (κ1) is 18.1. The fourth-order valence-electron chi connectivity index (χ4n) is 1.84. The Morgan fingerprint density at radius 3 is 2.43 bits per heavy atom. The standard InChI is InChI=1S/C12H20F3N3O2S/c1-17(2)11(20)6-18(8-12(13,14)15)10(19)5-9-7-21-4-3-16-9/h9,16H,3-8H2,1-2H3. The number of hydrogen-bond acceptors (Lipinski definition) is 4. The van der Waals surface area contributed by atoms with Gasteiger partial charge in [-0.1, -0.05) is 0 Å². The van der Waals surface area contributed by atoms with Gasteiger partial charge in [-0.2, -0.15) is 24.9 Å². The van der Waals surface area contributed by atoms with E-state index in [1.54, 1.807) is 11.8 Å². The molecule has 1 unspecified atom stereocenters. The molecular formula is C12H20F3N3O2S. The summed E-state index contributed by atoms with van der Waals surface area (Å²) in [5, 5.41) is 3.10. The Morgan fingerprint density at radius 1 is 1.29 bits per heavy atom. The molecule has 0 aromatic carbocycles. The Balaban J connectivity index is 2.64. The summed E-state index contributed by atoms with van der Waals surface area (Å²) in [7, 11) is 2.88. The quantitative estimate of drug-likeness (QED) is 0.802. The van der Waals surface area contributed by atoms with Crippen LogP contribution in [0.25, 0.3) is 0 Å². The number of nitrogens with one attached hydrogen (secondary N) is 1. The van der Waals surface area contributed by atoms with Gasteiger partial charge in [0.15, 0.2) is 0 Å². The normalized spacial score (nSPS) is 19.2. The Kier molecular flexibility index (Phi) is 6.79. The molecule has 0 radical (unpaired) electrons. The van der Waals surface area contributed by atoms with Crippen molar-refractivity contribution in [1.82, 2.24) is 15.1 Å². The molecule has 1 aliphatic rings. The minimum atomic E-state index is -4.52. The van der Waals surface area contributed by atoms with Gasteiger partial charge in [0.25, 0.3) is 0 Å². The molecule has 0 bridgehead atoms. The minimum Gasteiger partial charge on any atom is -0.347 e. The Bertz CT molecular complexity index is 371. The third kappa shape index (κ3) is 7.03. The van der Waals surface area contributed by atoms with Crippen LogP contribution in [-0.4, -0.2) is 79.1 Å². The van der Waals surface area contributed by atoms with Crippen molar-refractivity contribution in [2.45, 2.75) is 18.6 Å². The highest BCUT2D eigenvalue weighted by molar-refractivity contribution is 7.99. The molecule has 21 heavy (non-hydrogen) atoms. The van der Waals surface area contributed by atoms with Crippen molar-refractivity contribution in [3.63, 3.8) is 0 Å². The van der Waals surface area contributed by atoms with Crippen LogP contribution in [0.2, 0.25) is 0 Å². The monoisotopic (exact) mass is 327 g/mol. The lowest BCUT2D eigenvalue weighted by Crippen LogP contribution is -2.48. The largest absolute Gasteiger partial charge is 0.406 e. The maximum Gasteiger partial charge on any atom is 0.406 e. The van der Waals surface area contributed by atoms with Gasteiger partial charge in [0, 0.05) is 44.6 Å². The fraction of sp³-hybridized carbons (Fsp3) is 0.833. The second kappa shape index (κ2) is 7.88. The van der Waals surface area contributed by atoms with Crippen LogP contribution in [0.15, 0.2) is 0 Å². The molecule has 1 saturated heterocycles. The molecule has 1 fully saturated rings. The number of rotatable bonds is 5. The zero-order valence-electron chi connectivity index (χ0n) is 12.1. The van der Waals surface area contributed by atoms with Crippen molar-refractivity contribution in [3.05, 3.63) is 0 Å². The van der Waals surface area contributed by atoms with E-state index in [1.807, 2.05) is 0 Å². The van der Waals surface area contributed by atoms with Gasteiger partial charge in [-0.3, -0.25) is 9.59 Å².